The molecule has 0 radical (unpaired) electrons. The fourth-order valence-electron chi connectivity index (χ4n) is 1.57. The number of methoxy groups -OCH3 is 1. The van der Waals surface area contributed by atoms with Gasteiger partial charge in [0.25, 0.3) is 0 Å². The predicted octanol–water partition coefficient (Wildman–Crippen LogP) is 4.04. The van der Waals surface area contributed by atoms with Crippen LogP contribution in [0.5, 0.6) is 11.5 Å². The van der Waals surface area contributed by atoms with Crippen LogP contribution >= 0.6 is 0 Å². The summed E-state index contributed by atoms with van der Waals surface area (Å²) < 4.78 is 10.7. The van der Waals surface area contributed by atoms with Gasteiger partial charge in [-0.2, -0.15) is 0 Å². The molecule has 0 aliphatic rings. The lowest BCUT2D eigenvalue weighted by atomic mass is 10.2. The predicted molar refractivity (Wildman–Crippen MR) is 67.2 cm³/mol. The zero-order chi connectivity index (χ0) is 11.6. The van der Waals surface area contributed by atoms with Crippen LogP contribution in [0.15, 0.2) is 24.3 Å². The molecule has 90 valence electrons. The van der Waals surface area contributed by atoms with Gasteiger partial charge < -0.3 is 9.47 Å². The van der Waals surface area contributed by atoms with Crippen LogP contribution in [0.4, 0.5) is 0 Å². The second kappa shape index (κ2) is 8.03. The van der Waals surface area contributed by atoms with Crippen molar-refractivity contribution < 1.29 is 9.47 Å². The van der Waals surface area contributed by atoms with Crippen LogP contribution in [0.1, 0.15) is 39.0 Å². The number of hydrogen-bond donors (Lipinski definition) is 0. The Morgan fingerprint density at radius 3 is 2.12 bits per heavy atom. The minimum atomic E-state index is 0.816. The molecule has 0 aliphatic heterocycles. The van der Waals surface area contributed by atoms with Gasteiger partial charge >= 0.3 is 0 Å². The first-order valence-electron chi connectivity index (χ1n) is 6.13. The van der Waals surface area contributed by atoms with Crippen molar-refractivity contribution in [1.29, 1.82) is 0 Å². The highest BCUT2D eigenvalue weighted by Crippen LogP contribution is 2.17. The average Bonchev–Trinajstić information content (AvgIpc) is 2.34. The molecule has 1 rings (SSSR count). The van der Waals surface area contributed by atoms with Crippen LogP contribution in [-0.4, -0.2) is 13.7 Å². The molecular weight excluding hydrogens is 200 g/mol. The maximum Gasteiger partial charge on any atom is 0.119 e. The van der Waals surface area contributed by atoms with Gasteiger partial charge in [0.15, 0.2) is 0 Å². The van der Waals surface area contributed by atoms with Crippen molar-refractivity contribution in [2.75, 3.05) is 13.7 Å². The quantitative estimate of drug-likeness (QED) is 0.618. The summed E-state index contributed by atoms with van der Waals surface area (Å²) in [7, 11) is 1.67. The molecule has 0 aromatic heterocycles. The second-order valence-corrected chi connectivity index (χ2v) is 3.94. The molecule has 1 aromatic carbocycles. The standard InChI is InChI=1S/C14H22O2/c1-3-4-5-6-7-12-16-14-10-8-13(15-2)9-11-14/h8-11H,3-7,12H2,1-2H3. The molecular formula is C14H22O2. The molecule has 0 saturated heterocycles. The summed E-state index contributed by atoms with van der Waals surface area (Å²) in [5, 5.41) is 0. The Morgan fingerprint density at radius 2 is 1.50 bits per heavy atom. The lowest BCUT2D eigenvalue weighted by Gasteiger charge is -2.06. The second-order valence-electron chi connectivity index (χ2n) is 3.94. The molecule has 0 amide bonds. The highest BCUT2D eigenvalue weighted by molar-refractivity contribution is 5.30. The van der Waals surface area contributed by atoms with E-state index in [2.05, 4.69) is 6.92 Å². The van der Waals surface area contributed by atoms with Crippen LogP contribution < -0.4 is 9.47 Å². The summed E-state index contributed by atoms with van der Waals surface area (Å²) >= 11 is 0. The normalized spacial score (nSPS) is 10.1. The Labute approximate surface area is 98.6 Å². The molecule has 2 heteroatoms. The van der Waals surface area contributed by atoms with Gasteiger partial charge in [0.2, 0.25) is 0 Å². The van der Waals surface area contributed by atoms with Crippen molar-refractivity contribution in [1.82, 2.24) is 0 Å². The molecule has 0 unspecified atom stereocenters. The van der Waals surface area contributed by atoms with Crippen LogP contribution in [0, 0.1) is 0 Å². The number of rotatable bonds is 8. The minimum absolute atomic E-state index is 0.816. The Morgan fingerprint density at radius 1 is 0.875 bits per heavy atom. The lowest BCUT2D eigenvalue weighted by Crippen LogP contribution is -1.97. The SMILES string of the molecule is CCCCCCCOc1ccc(OC)cc1. The highest BCUT2D eigenvalue weighted by Gasteiger charge is 1.95. The Kier molecular flexibility index (Phi) is 6.47. The van der Waals surface area contributed by atoms with Gasteiger partial charge in [-0.15, -0.1) is 0 Å². The van der Waals surface area contributed by atoms with E-state index in [4.69, 9.17) is 9.47 Å². The maximum atomic E-state index is 5.63. The first-order valence-corrected chi connectivity index (χ1v) is 6.13. The molecule has 16 heavy (non-hydrogen) atoms. The minimum Gasteiger partial charge on any atom is -0.497 e. The zero-order valence-electron chi connectivity index (χ0n) is 10.4. The Hall–Kier alpha value is -1.18. The van der Waals surface area contributed by atoms with Crippen molar-refractivity contribution in [3.8, 4) is 11.5 Å². The number of benzene rings is 1. The fraction of sp³-hybridized carbons (Fsp3) is 0.571. The number of ether oxygens (including phenoxy) is 2. The molecule has 0 spiro atoms. The molecule has 0 bridgehead atoms. The van der Waals surface area contributed by atoms with Gasteiger partial charge in [-0.25, -0.2) is 0 Å². The topological polar surface area (TPSA) is 18.5 Å². The van der Waals surface area contributed by atoms with E-state index < -0.39 is 0 Å². The molecule has 0 fully saturated rings. The first-order chi connectivity index (χ1) is 7.86. The van der Waals surface area contributed by atoms with Gasteiger partial charge in [-0.3, -0.25) is 0 Å². The van der Waals surface area contributed by atoms with E-state index in [1.807, 2.05) is 24.3 Å². The summed E-state index contributed by atoms with van der Waals surface area (Å²) in [4.78, 5) is 0. The molecule has 0 heterocycles. The van der Waals surface area contributed by atoms with Crippen molar-refractivity contribution in [3.05, 3.63) is 24.3 Å². The van der Waals surface area contributed by atoms with E-state index in [0.29, 0.717) is 0 Å². The molecule has 0 aliphatic carbocycles. The van der Waals surface area contributed by atoms with E-state index in [1.54, 1.807) is 7.11 Å². The maximum absolute atomic E-state index is 5.63. The average molecular weight is 222 g/mol. The van der Waals surface area contributed by atoms with E-state index in [1.165, 1.54) is 25.7 Å². The van der Waals surface area contributed by atoms with Crippen LogP contribution in [0.2, 0.25) is 0 Å². The summed E-state index contributed by atoms with van der Waals surface area (Å²) in [6.07, 6.45) is 6.36. The van der Waals surface area contributed by atoms with Gasteiger partial charge in [-0.1, -0.05) is 32.6 Å². The summed E-state index contributed by atoms with van der Waals surface area (Å²) in [5.74, 6) is 1.80. The number of unbranched alkanes of at least 4 members (excludes halogenated alkanes) is 4. The van der Waals surface area contributed by atoms with Crippen molar-refractivity contribution in [3.63, 3.8) is 0 Å². The van der Waals surface area contributed by atoms with E-state index in [-0.39, 0.29) is 0 Å². The van der Waals surface area contributed by atoms with Gasteiger partial charge in [0, 0.05) is 0 Å². The van der Waals surface area contributed by atoms with Gasteiger partial charge in [0.05, 0.1) is 13.7 Å². The highest BCUT2D eigenvalue weighted by atomic mass is 16.5. The first kappa shape index (κ1) is 12.9. The summed E-state index contributed by atoms with van der Waals surface area (Å²) in [5.41, 5.74) is 0. The molecule has 0 N–H and O–H groups in total. The third-order valence-electron chi connectivity index (χ3n) is 2.58. The monoisotopic (exact) mass is 222 g/mol. The van der Waals surface area contributed by atoms with Crippen molar-refractivity contribution in [2.24, 2.45) is 0 Å². The van der Waals surface area contributed by atoms with Gasteiger partial charge in [-0.05, 0) is 30.7 Å². The molecule has 0 atom stereocenters. The van der Waals surface area contributed by atoms with E-state index in [0.717, 1.165) is 24.5 Å². The third kappa shape index (κ3) is 5.06. The van der Waals surface area contributed by atoms with Crippen LogP contribution in [0.3, 0.4) is 0 Å². The van der Waals surface area contributed by atoms with Gasteiger partial charge in [0.1, 0.15) is 11.5 Å². The van der Waals surface area contributed by atoms with Crippen LogP contribution in [-0.2, 0) is 0 Å². The molecule has 0 saturated carbocycles. The lowest BCUT2D eigenvalue weighted by molar-refractivity contribution is 0.304. The van der Waals surface area contributed by atoms with Crippen molar-refractivity contribution >= 4 is 0 Å². The Balaban J connectivity index is 2.12. The smallest absolute Gasteiger partial charge is 0.119 e. The summed E-state index contributed by atoms with van der Waals surface area (Å²) in [6, 6.07) is 7.74. The third-order valence-corrected chi connectivity index (χ3v) is 2.58. The molecule has 2 nitrogen and oxygen atoms in total. The van der Waals surface area contributed by atoms with Crippen LogP contribution in [0.25, 0.3) is 0 Å². The molecule has 1 aromatic rings. The zero-order valence-corrected chi connectivity index (χ0v) is 10.4. The Bertz CT molecular complexity index is 267. The summed E-state index contributed by atoms with van der Waals surface area (Å²) in [6.45, 7) is 3.05. The number of hydrogen-bond acceptors (Lipinski definition) is 2. The van der Waals surface area contributed by atoms with Crippen molar-refractivity contribution in [2.45, 2.75) is 39.0 Å². The van der Waals surface area contributed by atoms with E-state index >= 15 is 0 Å². The van der Waals surface area contributed by atoms with E-state index in [9.17, 15) is 0 Å². The largest absolute Gasteiger partial charge is 0.497 e. The fourth-order valence-corrected chi connectivity index (χ4v) is 1.57.